The van der Waals surface area contributed by atoms with Gasteiger partial charge in [0.2, 0.25) is 5.91 Å². The highest BCUT2D eigenvalue weighted by Crippen LogP contribution is 2.10. The molecule has 0 aromatic rings. The van der Waals surface area contributed by atoms with E-state index in [2.05, 4.69) is 36.3 Å². The summed E-state index contributed by atoms with van der Waals surface area (Å²) in [4.78, 5) is 14.3. The van der Waals surface area contributed by atoms with Gasteiger partial charge in [-0.05, 0) is 38.5 Å². The largest absolute Gasteiger partial charge is 0.352 e. The molecule has 0 aromatic heterocycles. The first-order valence-corrected chi connectivity index (χ1v) is 8.63. The molecule has 21 heavy (non-hydrogen) atoms. The van der Waals surface area contributed by atoms with E-state index >= 15 is 0 Å². The fraction of sp³-hybridized carbons (Fsp3) is 0.929. The summed E-state index contributed by atoms with van der Waals surface area (Å²) in [6, 6.07) is 0.358. The Kier molecular flexibility index (Phi) is 15.7. The zero-order valence-electron chi connectivity index (χ0n) is 13.4. The van der Waals surface area contributed by atoms with Gasteiger partial charge in [0, 0.05) is 18.3 Å². The monoisotopic (exact) mass is 359 g/mol. The first kappa shape index (κ1) is 23.6. The van der Waals surface area contributed by atoms with E-state index in [1.165, 1.54) is 0 Å². The first-order valence-electron chi connectivity index (χ1n) is 7.47. The summed E-state index contributed by atoms with van der Waals surface area (Å²) in [6.07, 6.45) is 1.05. The summed E-state index contributed by atoms with van der Waals surface area (Å²) in [6.45, 7) is 11.9. The lowest BCUT2D eigenvalue weighted by Gasteiger charge is -2.30. The lowest BCUT2D eigenvalue weighted by molar-refractivity contribution is -0.119. The lowest BCUT2D eigenvalue weighted by atomic mass is 9.95. The molecular formula is C14H31Cl2N3OS. The van der Waals surface area contributed by atoms with Crippen LogP contribution in [0.15, 0.2) is 0 Å². The van der Waals surface area contributed by atoms with Crippen LogP contribution in [0.1, 0.15) is 27.2 Å². The highest BCUT2D eigenvalue weighted by molar-refractivity contribution is 7.99. The number of carbonyl (C=O) groups is 1. The van der Waals surface area contributed by atoms with Crippen LogP contribution >= 0.6 is 36.6 Å². The van der Waals surface area contributed by atoms with Gasteiger partial charge in [-0.1, -0.05) is 20.8 Å². The van der Waals surface area contributed by atoms with Crippen LogP contribution in [0.5, 0.6) is 0 Å². The van der Waals surface area contributed by atoms with Crippen molar-refractivity contribution >= 4 is 42.5 Å². The molecule has 1 amide bonds. The van der Waals surface area contributed by atoms with Gasteiger partial charge in [-0.3, -0.25) is 4.79 Å². The molecule has 1 aliphatic rings. The third-order valence-corrected chi connectivity index (χ3v) is 4.75. The van der Waals surface area contributed by atoms with Gasteiger partial charge in [0.25, 0.3) is 0 Å². The van der Waals surface area contributed by atoms with Gasteiger partial charge in [-0.2, -0.15) is 11.8 Å². The molecule has 7 heteroatoms. The Balaban J connectivity index is 0. The highest BCUT2D eigenvalue weighted by Gasteiger charge is 2.22. The molecule has 1 saturated heterocycles. The van der Waals surface area contributed by atoms with Crippen molar-refractivity contribution in [1.82, 2.24) is 15.5 Å². The van der Waals surface area contributed by atoms with Crippen molar-refractivity contribution in [2.45, 2.75) is 33.2 Å². The quantitative estimate of drug-likeness (QED) is 0.650. The molecular weight excluding hydrogens is 329 g/mol. The van der Waals surface area contributed by atoms with Crippen LogP contribution < -0.4 is 10.6 Å². The Bertz CT molecular complexity index is 269. The van der Waals surface area contributed by atoms with Crippen LogP contribution in [-0.2, 0) is 4.79 Å². The van der Waals surface area contributed by atoms with Crippen LogP contribution in [0, 0.1) is 5.92 Å². The second-order valence-electron chi connectivity index (χ2n) is 5.22. The summed E-state index contributed by atoms with van der Waals surface area (Å²) in [5.74, 6) is 2.37. The number of thioether (sulfide) groups is 1. The summed E-state index contributed by atoms with van der Waals surface area (Å²) < 4.78 is 0. The SMILES string of the molecule is CCN(CC)CCSCC(=O)NC1CCNCC1C.Cl.Cl. The Labute approximate surface area is 146 Å². The topological polar surface area (TPSA) is 44.4 Å². The van der Waals surface area contributed by atoms with Crippen LogP contribution in [0.2, 0.25) is 0 Å². The fourth-order valence-corrected chi connectivity index (χ4v) is 3.18. The zero-order valence-corrected chi connectivity index (χ0v) is 15.8. The fourth-order valence-electron chi connectivity index (χ4n) is 2.38. The van der Waals surface area contributed by atoms with Gasteiger partial charge >= 0.3 is 0 Å². The zero-order chi connectivity index (χ0) is 14.1. The van der Waals surface area contributed by atoms with Crippen molar-refractivity contribution in [3.05, 3.63) is 0 Å². The van der Waals surface area contributed by atoms with Gasteiger partial charge in [-0.25, -0.2) is 0 Å². The molecule has 128 valence electrons. The van der Waals surface area contributed by atoms with Gasteiger partial charge in [0.15, 0.2) is 0 Å². The number of hydrogen-bond acceptors (Lipinski definition) is 4. The molecule has 4 nitrogen and oxygen atoms in total. The maximum Gasteiger partial charge on any atom is 0.230 e. The van der Waals surface area contributed by atoms with Crippen LogP contribution in [-0.4, -0.2) is 61.1 Å². The number of rotatable bonds is 8. The molecule has 1 heterocycles. The maximum atomic E-state index is 11.9. The molecule has 0 aromatic carbocycles. The summed E-state index contributed by atoms with van der Waals surface area (Å²) in [5, 5.41) is 6.52. The molecule has 2 atom stereocenters. The van der Waals surface area contributed by atoms with Crippen molar-refractivity contribution in [2.75, 3.05) is 44.2 Å². The minimum atomic E-state index is 0. The molecule has 1 fully saturated rings. The molecule has 2 unspecified atom stereocenters. The Morgan fingerprint density at radius 1 is 1.33 bits per heavy atom. The van der Waals surface area contributed by atoms with Crippen LogP contribution in [0.4, 0.5) is 0 Å². The van der Waals surface area contributed by atoms with E-state index in [4.69, 9.17) is 0 Å². The molecule has 0 radical (unpaired) electrons. The molecule has 1 aliphatic heterocycles. The molecule has 1 rings (SSSR count). The lowest BCUT2D eigenvalue weighted by Crippen LogP contribution is -2.48. The van der Waals surface area contributed by atoms with Gasteiger partial charge in [0.1, 0.15) is 0 Å². The Hall–Kier alpha value is 0.320. The van der Waals surface area contributed by atoms with E-state index in [0.29, 0.717) is 17.7 Å². The van der Waals surface area contributed by atoms with Crippen LogP contribution in [0.25, 0.3) is 0 Å². The van der Waals surface area contributed by atoms with E-state index in [-0.39, 0.29) is 30.7 Å². The smallest absolute Gasteiger partial charge is 0.230 e. The number of piperidine rings is 1. The summed E-state index contributed by atoms with van der Waals surface area (Å²) in [7, 11) is 0. The van der Waals surface area contributed by atoms with Gasteiger partial charge in [-0.15, -0.1) is 24.8 Å². The second kappa shape index (κ2) is 13.9. The third kappa shape index (κ3) is 9.84. The predicted molar refractivity (Wildman–Crippen MR) is 98.2 cm³/mol. The van der Waals surface area contributed by atoms with Crippen molar-refractivity contribution in [3.8, 4) is 0 Å². The number of nitrogens with one attached hydrogen (secondary N) is 2. The number of amides is 1. The number of nitrogens with zero attached hydrogens (tertiary/aromatic N) is 1. The minimum absolute atomic E-state index is 0. The van der Waals surface area contributed by atoms with Crippen molar-refractivity contribution in [2.24, 2.45) is 5.92 Å². The number of hydrogen-bond donors (Lipinski definition) is 2. The maximum absolute atomic E-state index is 11.9. The Morgan fingerprint density at radius 3 is 2.57 bits per heavy atom. The average Bonchev–Trinajstić information content (AvgIpc) is 2.42. The van der Waals surface area contributed by atoms with Crippen molar-refractivity contribution in [3.63, 3.8) is 0 Å². The van der Waals surface area contributed by atoms with Crippen molar-refractivity contribution in [1.29, 1.82) is 0 Å². The predicted octanol–water partition coefficient (Wildman–Crippen LogP) is 2.02. The first-order chi connectivity index (χ1) is 9.17. The second-order valence-corrected chi connectivity index (χ2v) is 6.33. The summed E-state index contributed by atoms with van der Waals surface area (Å²) >= 11 is 1.74. The average molecular weight is 360 g/mol. The molecule has 0 spiro atoms. The number of halogens is 2. The van der Waals surface area contributed by atoms with E-state index in [9.17, 15) is 4.79 Å². The molecule has 2 N–H and O–H groups in total. The third-order valence-electron chi connectivity index (χ3n) is 3.81. The van der Waals surface area contributed by atoms with E-state index in [0.717, 1.165) is 44.9 Å². The van der Waals surface area contributed by atoms with E-state index in [1.807, 2.05) is 0 Å². The van der Waals surface area contributed by atoms with E-state index < -0.39 is 0 Å². The van der Waals surface area contributed by atoms with Gasteiger partial charge < -0.3 is 15.5 Å². The summed E-state index contributed by atoms with van der Waals surface area (Å²) in [5.41, 5.74) is 0. The highest BCUT2D eigenvalue weighted by atomic mass is 35.5. The minimum Gasteiger partial charge on any atom is -0.352 e. The molecule has 0 aliphatic carbocycles. The Morgan fingerprint density at radius 2 is 2.00 bits per heavy atom. The molecule has 0 bridgehead atoms. The number of carbonyl (C=O) groups excluding carboxylic acids is 1. The van der Waals surface area contributed by atoms with Gasteiger partial charge in [0.05, 0.1) is 5.75 Å². The van der Waals surface area contributed by atoms with E-state index in [1.54, 1.807) is 11.8 Å². The van der Waals surface area contributed by atoms with Crippen LogP contribution in [0.3, 0.4) is 0 Å². The van der Waals surface area contributed by atoms with Crippen molar-refractivity contribution < 1.29 is 4.79 Å². The standard InChI is InChI=1S/C14H29N3OS.2ClH/c1-4-17(5-2)8-9-19-11-14(18)16-13-6-7-15-10-12(13)3;;/h12-13,15H,4-11H2,1-3H3,(H,16,18);2*1H. The molecule has 0 saturated carbocycles. The normalized spacial score (nSPS) is 21.3.